The molecular weight excluding hydrogens is 693 g/mol. The first-order valence-corrected chi connectivity index (χ1v) is 18.5. The molecule has 2 aromatic carbocycles. The summed E-state index contributed by atoms with van der Waals surface area (Å²) in [4.78, 5) is 30.1. The van der Waals surface area contributed by atoms with Crippen molar-refractivity contribution in [3.05, 3.63) is 91.3 Å². The SMILES string of the molecule is COCCCc1cc(CN(C(=O)C2CNCC[C@]2(OC)c2ccn(CCCOc3c(Cl)cc(C)cc3Cl)c(=O)c2)C2CC2)cc(OCCOC)c1. The lowest BCUT2D eigenvalue weighted by Gasteiger charge is -2.44. The number of methoxy groups -OCH3 is 3. The molecule has 1 amide bonds. The Hall–Kier alpha value is -3.12. The Morgan fingerprint density at radius 2 is 1.69 bits per heavy atom. The van der Waals surface area contributed by atoms with Gasteiger partial charge in [-0.25, -0.2) is 0 Å². The van der Waals surface area contributed by atoms with Gasteiger partial charge in [-0.05, 0) is 105 Å². The van der Waals surface area contributed by atoms with E-state index in [1.165, 1.54) is 0 Å². The molecule has 2 aliphatic rings. The molecule has 2 heterocycles. The van der Waals surface area contributed by atoms with Crippen LogP contribution in [0.4, 0.5) is 0 Å². The zero-order valence-corrected chi connectivity index (χ0v) is 31.7. The molecule has 51 heavy (non-hydrogen) atoms. The number of rotatable bonds is 19. The molecule has 12 heteroatoms. The summed E-state index contributed by atoms with van der Waals surface area (Å²) < 4.78 is 30.3. The molecule has 5 rings (SSSR count). The van der Waals surface area contributed by atoms with Crippen LogP contribution in [0, 0.1) is 12.8 Å². The number of nitrogens with zero attached hydrogens (tertiary/aromatic N) is 2. The van der Waals surface area contributed by atoms with Crippen LogP contribution in [0.3, 0.4) is 0 Å². The van der Waals surface area contributed by atoms with Crippen LogP contribution in [0.25, 0.3) is 0 Å². The minimum absolute atomic E-state index is 0.0212. The number of carbonyl (C=O) groups is 1. The minimum Gasteiger partial charge on any atom is -0.491 e. The van der Waals surface area contributed by atoms with Gasteiger partial charge in [0, 0.05) is 65.9 Å². The normalized spacial score (nSPS) is 18.8. The molecule has 1 aliphatic carbocycles. The van der Waals surface area contributed by atoms with Crippen LogP contribution >= 0.6 is 23.2 Å². The predicted octanol–water partition coefficient (Wildman–Crippen LogP) is 6.18. The molecule has 3 aromatic rings. The summed E-state index contributed by atoms with van der Waals surface area (Å²) in [7, 11) is 5.00. The molecule has 2 fully saturated rings. The maximum atomic E-state index is 14.7. The van der Waals surface area contributed by atoms with E-state index in [4.69, 9.17) is 46.9 Å². The largest absolute Gasteiger partial charge is 0.491 e. The van der Waals surface area contributed by atoms with Gasteiger partial charge in [-0.2, -0.15) is 0 Å². The maximum Gasteiger partial charge on any atom is 0.250 e. The topological polar surface area (TPSA) is 100 Å². The van der Waals surface area contributed by atoms with Crippen molar-refractivity contribution in [1.82, 2.24) is 14.8 Å². The van der Waals surface area contributed by atoms with E-state index < -0.39 is 11.5 Å². The second-order valence-electron chi connectivity index (χ2n) is 13.4. The van der Waals surface area contributed by atoms with Gasteiger partial charge in [0.05, 0.1) is 29.2 Å². The fraction of sp³-hybridized carbons (Fsp3) is 0.538. The Morgan fingerprint density at radius 3 is 2.37 bits per heavy atom. The molecule has 1 unspecified atom stereocenters. The zero-order chi connectivity index (χ0) is 36.4. The standard InChI is InChI=1S/C39H51Cl2N3O7/c1-27-19-34(40)37(35(41)20-27)51-16-6-13-43-14-10-30(24-36(43)45)39(49-4)11-12-42-25-33(39)38(46)44(31-8-9-31)26-29-21-28(7-5-15-47-2)22-32(23-29)50-18-17-48-3/h10,14,19-24,31,33,42H,5-9,11-13,15-18,25-26H2,1-4H3/t33?,39-/m0/s1. The van der Waals surface area contributed by atoms with Crippen LogP contribution in [-0.4, -0.2) is 82.3 Å². The minimum atomic E-state index is -0.952. The molecule has 1 saturated carbocycles. The highest BCUT2D eigenvalue weighted by Crippen LogP contribution is 2.41. The number of carbonyl (C=O) groups excluding carboxylic acids is 1. The lowest BCUT2D eigenvalue weighted by Crippen LogP contribution is -2.56. The molecule has 1 N–H and O–H groups in total. The summed E-state index contributed by atoms with van der Waals surface area (Å²) in [5, 5.41) is 4.34. The molecule has 2 atom stereocenters. The van der Waals surface area contributed by atoms with Crippen molar-refractivity contribution in [3.8, 4) is 11.5 Å². The summed E-state index contributed by atoms with van der Waals surface area (Å²) in [6.45, 7) is 5.87. The summed E-state index contributed by atoms with van der Waals surface area (Å²) in [6.07, 6.45) is 6.55. The van der Waals surface area contributed by atoms with Gasteiger partial charge in [-0.15, -0.1) is 0 Å². The molecule has 1 aliphatic heterocycles. The lowest BCUT2D eigenvalue weighted by molar-refractivity contribution is -0.155. The van der Waals surface area contributed by atoms with Crippen molar-refractivity contribution in [2.75, 3.05) is 60.8 Å². The summed E-state index contributed by atoms with van der Waals surface area (Å²) >= 11 is 12.6. The lowest BCUT2D eigenvalue weighted by atomic mass is 9.75. The van der Waals surface area contributed by atoms with Gasteiger partial charge < -0.3 is 38.5 Å². The van der Waals surface area contributed by atoms with Gasteiger partial charge in [-0.3, -0.25) is 9.59 Å². The van der Waals surface area contributed by atoms with Crippen LogP contribution in [0.1, 0.15) is 54.4 Å². The molecule has 1 saturated heterocycles. The Labute approximate surface area is 311 Å². The van der Waals surface area contributed by atoms with Gasteiger partial charge in [-0.1, -0.05) is 29.3 Å². The fourth-order valence-electron chi connectivity index (χ4n) is 6.92. The van der Waals surface area contributed by atoms with Crippen LogP contribution in [0.5, 0.6) is 11.5 Å². The van der Waals surface area contributed by atoms with Crippen molar-refractivity contribution in [2.24, 2.45) is 5.92 Å². The number of aromatic nitrogens is 1. The first-order valence-electron chi connectivity index (χ1n) is 17.8. The number of pyridine rings is 1. The smallest absolute Gasteiger partial charge is 0.250 e. The van der Waals surface area contributed by atoms with Gasteiger partial charge in [0.1, 0.15) is 18.0 Å². The average molecular weight is 745 g/mol. The van der Waals surface area contributed by atoms with Gasteiger partial charge in [0.2, 0.25) is 5.91 Å². The third-order valence-electron chi connectivity index (χ3n) is 9.68. The number of piperidine rings is 1. The Bertz CT molecular complexity index is 1630. The summed E-state index contributed by atoms with van der Waals surface area (Å²) in [5.74, 6) is 0.710. The summed E-state index contributed by atoms with van der Waals surface area (Å²) in [6, 6.07) is 13.6. The number of halogens is 2. The van der Waals surface area contributed by atoms with Crippen LogP contribution in [-0.2, 0) is 44.1 Å². The molecule has 1 aromatic heterocycles. The molecule has 0 spiro atoms. The number of nitrogens with one attached hydrogen (secondary N) is 1. The van der Waals surface area contributed by atoms with E-state index in [-0.39, 0.29) is 17.5 Å². The van der Waals surface area contributed by atoms with Crippen LogP contribution < -0.4 is 20.3 Å². The fourth-order valence-corrected chi connectivity index (χ4v) is 7.63. The van der Waals surface area contributed by atoms with E-state index in [0.29, 0.717) is 86.8 Å². The summed E-state index contributed by atoms with van der Waals surface area (Å²) in [5.41, 5.74) is 2.71. The van der Waals surface area contributed by atoms with Gasteiger partial charge in [0.25, 0.3) is 5.56 Å². The number of ether oxygens (including phenoxy) is 5. The quantitative estimate of drug-likeness (QED) is 0.146. The number of aryl methyl sites for hydroxylation is 3. The molecule has 0 bridgehead atoms. The second kappa shape index (κ2) is 18.6. The van der Waals surface area contributed by atoms with Crippen molar-refractivity contribution >= 4 is 29.1 Å². The van der Waals surface area contributed by atoms with E-state index in [2.05, 4.69) is 17.4 Å². The molecule has 0 radical (unpaired) electrons. The highest BCUT2D eigenvalue weighted by Gasteiger charge is 2.50. The third kappa shape index (κ3) is 10.1. The third-order valence-corrected chi connectivity index (χ3v) is 10.2. The number of benzene rings is 2. The number of hydrogen-bond acceptors (Lipinski definition) is 8. The first-order chi connectivity index (χ1) is 24.7. The Balaban J connectivity index is 1.32. The Kier molecular flexibility index (Phi) is 14.2. The maximum absolute atomic E-state index is 14.7. The first kappa shape index (κ1) is 39.1. The zero-order valence-electron chi connectivity index (χ0n) is 30.2. The molecule has 10 nitrogen and oxygen atoms in total. The van der Waals surface area contributed by atoms with E-state index >= 15 is 0 Å². The molecular formula is C39H51Cl2N3O7. The van der Waals surface area contributed by atoms with Crippen LogP contribution in [0.2, 0.25) is 10.0 Å². The number of amides is 1. The van der Waals surface area contributed by atoms with Crippen molar-refractivity contribution in [2.45, 2.75) is 70.2 Å². The number of hydrogen-bond donors (Lipinski definition) is 1. The Morgan fingerprint density at radius 1 is 0.941 bits per heavy atom. The van der Waals surface area contributed by atoms with E-state index in [1.807, 2.05) is 24.0 Å². The highest BCUT2D eigenvalue weighted by molar-refractivity contribution is 6.37. The predicted molar refractivity (Wildman–Crippen MR) is 199 cm³/mol. The van der Waals surface area contributed by atoms with Gasteiger partial charge >= 0.3 is 0 Å². The highest BCUT2D eigenvalue weighted by atomic mass is 35.5. The van der Waals surface area contributed by atoms with E-state index in [0.717, 1.165) is 48.1 Å². The molecule has 278 valence electrons. The van der Waals surface area contributed by atoms with E-state index in [1.54, 1.807) is 50.3 Å². The van der Waals surface area contributed by atoms with Gasteiger partial charge in [0.15, 0.2) is 5.75 Å². The second-order valence-corrected chi connectivity index (χ2v) is 14.2. The van der Waals surface area contributed by atoms with Crippen molar-refractivity contribution in [3.63, 3.8) is 0 Å². The monoisotopic (exact) mass is 743 g/mol. The van der Waals surface area contributed by atoms with Crippen molar-refractivity contribution < 1.29 is 28.5 Å². The van der Waals surface area contributed by atoms with Crippen LogP contribution in [0.15, 0.2) is 53.5 Å². The van der Waals surface area contributed by atoms with Crippen molar-refractivity contribution in [1.29, 1.82) is 0 Å². The van der Waals surface area contributed by atoms with E-state index in [9.17, 15) is 9.59 Å². The average Bonchev–Trinajstić information content (AvgIpc) is 3.96.